The summed E-state index contributed by atoms with van der Waals surface area (Å²) in [4.78, 5) is 36.2. The van der Waals surface area contributed by atoms with Crippen LogP contribution in [0.15, 0.2) is 36.4 Å². The van der Waals surface area contributed by atoms with E-state index in [1.54, 1.807) is 31.2 Å². The van der Waals surface area contributed by atoms with Gasteiger partial charge in [-0.05, 0) is 12.1 Å². The van der Waals surface area contributed by atoms with Gasteiger partial charge in [-0.2, -0.15) is 0 Å². The average molecular weight is 325 g/mol. The number of phenols is 1. The highest BCUT2D eigenvalue weighted by atomic mass is 16.5. The number of benzene rings is 2. The van der Waals surface area contributed by atoms with Crippen LogP contribution in [0.3, 0.4) is 0 Å². The summed E-state index contributed by atoms with van der Waals surface area (Å²) in [5, 5.41) is 10.4. The molecule has 2 aromatic carbocycles. The Morgan fingerprint density at radius 1 is 1.08 bits per heavy atom. The van der Waals surface area contributed by atoms with Gasteiger partial charge in [0.15, 0.2) is 23.1 Å². The first-order valence-corrected chi connectivity index (χ1v) is 7.38. The molecule has 0 aliphatic heterocycles. The van der Waals surface area contributed by atoms with Crippen LogP contribution in [0.5, 0.6) is 11.5 Å². The monoisotopic (exact) mass is 325 g/mol. The van der Waals surface area contributed by atoms with Gasteiger partial charge < -0.3 is 15.6 Å². The van der Waals surface area contributed by atoms with Crippen LogP contribution in [0.1, 0.15) is 38.8 Å². The third kappa shape index (κ3) is 2.42. The molecular weight excluding hydrogens is 310 g/mol. The maximum absolute atomic E-state index is 12.6. The molecule has 1 aliphatic rings. The molecule has 1 unspecified atom stereocenters. The Kier molecular flexibility index (Phi) is 3.81. The molecule has 0 radical (unpaired) electrons. The topological polar surface area (TPSA) is 107 Å². The highest BCUT2D eigenvalue weighted by Gasteiger charge is 2.33. The summed E-state index contributed by atoms with van der Waals surface area (Å²) < 4.78 is 5.38. The van der Waals surface area contributed by atoms with Gasteiger partial charge in [-0.25, -0.2) is 0 Å². The zero-order valence-electron chi connectivity index (χ0n) is 12.9. The van der Waals surface area contributed by atoms with Gasteiger partial charge in [-0.1, -0.05) is 31.2 Å². The second-order valence-corrected chi connectivity index (χ2v) is 5.65. The summed E-state index contributed by atoms with van der Waals surface area (Å²) in [6.07, 6.45) is 0. The molecule has 6 nitrogen and oxygen atoms in total. The number of hydrogen-bond acceptors (Lipinski definition) is 5. The molecule has 1 amide bonds. The Labute approximate surface area is 137 Å². The van der Waals surface area contributed by atoms with Gasteiger partial charge in [0.1, 0.15) is 0 Å². The van der Waals surface area contributed by atoms with Gasteiger partial charge >= 0.3 is 0 Å². The van der Waals surface area contributed by atoms with Crippen LogP contribution < -0.4 is 10.5 Å². The number of fused-ring (bicyclic) bond motifs is 2. The molecule has 3 N–H and O–H groups in total. The van der Waals surface area contributed by atoms with Gasteiger partial charge in [-0.3, -0.25) is 14.4 Å². The standard InChI is InChI=1S/C18H15NO5/c1-9(18(19)23)8-24-13-7-6-12-14(17(13)22)16(21)11-5-3-2-4-10(11)15(12)20/h2-7,9,22H,8H2,1H3,(H2,19,23). The molecule has 1 atom stereocenters. The molecule has 6 heteroatoms. The van der Waals surface area contributed by atoms with E-state index < -0.39 is 23.4 Å². The number of ketones is 2. The van der Waals surface area contributed by atoms with Crippen molar-refractivity contribution in [3.05, 3.63) is 58.7 Å². The first-order chi connectivity index (χ1) is 11.4. The molecular formula is C18H15NO5. The van der Waals surface area contributed by atoms with E-state index in [1.807, 2.05) is 0 Å². The zero-order valence-corrected chi connectivity index (χ0v) is 12.9. The van der Waals surface area contributed by atoms with Gasteiger partial charge in [0.05, 0.1) is 18.1 Å². The molecule has 2 aromatic rings. The van der Waals surface area contributed by atoms with Crippen molar-refractivity contribution in [2.24, 2.45) is 11.7 Å². The second-order valence-electron chi connectivity index (χ2n) is 5.65. The van der Waals surface area contributed by atoms with Crippen molar-refractivity contribution in [3.8, 4) is 11.5 Å². The Hall–Kier alpha value is -3.15. The van der Waals surface area contributed by atoms with Crippen LogP contribution >= 0.6 is 0 Å². The molecule has 0 aromatic heterocycles. The predicted molar refractivity (Wildman–Crippen MR) is 85.3 cm³/mol. The van der Waals surface area contributed by atoms with Crippen molar-refractivity contribution < 1.29 is 24.2 Å². The number of phenolic OH excluding ortho intramolecular Hbond substituents is 1. The highest BCUT2D eigenvalue weighted by Crippen LogP contribution is 2.38. The maximum Gasteiger partial charge on any atom is 0.223 e. The lowest BCUT2D eigenvalue weighted by molar-refractivity contribution is -0.122. The number of carbonyl (C=O) groups is 3. The van der Waals surface area contributed by atoms with Crippen molar-refractivity contribution in [2.75, 3.05) is 6.61 Å². The molecule has 0 bridgehead atoms. The third-order valence-corrected chi connectivity index (χ3v) is 4.00. The largest absolute Gasteiger partial charge is 0.504 e. The normalized spacial score (nSPS) is 13.9. The highest BCUT2D eigenvalue weighted by molar-refractivity contribution is 6.29. The first kappa shape index (κ1) is 15.7. The SMILES string of the molecule is CC(COc1ccc2c(c1O)C(=O)c1ccccc1C2=O)C(N)=O. The molecule has 0 saturated heterocycles. The van der Waals surface area contributed by atoms with Crippen molar-refractivity contribution >= 4 is 17.5 Å². The van der Waals surface area contributed by atoms with E-state index in [0.717, 1.165) is 0 Å². The number of nitrogens with two attached hydrogens (primary N) is 1. The van der Waals surface area contributed by atoms with E-state index in [4.69, 9.17) is 10.5 Å². The van der Waals surface area contributed by atoms with Crippen LogP contribution in [0.4, 0.5) is 0 Å². The van der Waals surface area contributed by atoms with E-state index in [-0.39, 0.29) is 34.8 Å². The molecule has 24 heavy (non-hydrogen) atoms. The van der Waals surface area contributed by atoms with Gasteiger partial charge in [-0.15, -0.1) is 0 Å². The summed E-state index contributed by atoms with van der Waals surface area (Å²) in [5.74, 6) is -2.23. The number of primary amides is 1. The number of ether oxygens (including phenoxy) is 1. The molecule has 1 aliphatic carbocycles. The fourth-order valence-corrected chi connectivity index (χ4v) is 2.56. The molecule has 0 heterocycles. The third-order valence-electron chi connectivity index (χ3n) is 4.00. The summed E-state index contributed by atoms with van der Waals surface area (Å²) in [6, 6.07) is 9.30. The molecule has 0 fully saturated rings. The number of aromatic hydroxyl groups is 1. The molecule has 0 saturated carbocycles. The van der Waals surface area contributed by atoms with Crippen molar-refractivity contribution in [1.82, 2.24) is 0 Å². The Morgan fingerprint density at radius 3 is 2.33 bits per heavy atom. The minimum absolute atomic E-state index is 0.0300. The van der Waals surface area contributed by atoms with Gasteiger partial charge in [0.2, 0.25) is 5.91 Å². The van der Waals surface area contributed by atoms with Crippen LogP contribution in [-0.4, -0.2) is 29.2 Å². The Balaban J connectivity index is 2.01. The molecule has 0 spiro atoms. The van der Waals surface area contributed by atoms with E-state index in [1.165, 1.54) is 12.1 Å². The number of hydrogen-bond donors (Lipinski definition) is 2. The lowest BCUT2D eigenvalue weighted by atomic mass is 9.83. The minimum atomic E-state index is -0.557. The first-order valence-electron chi connectivity index (χ1n) is 7.38. The summed E-state index contributed by atoms with van der Waals surface area (Å²) in [6.45, 7) is 1.54. The van der Waals surface area contributed by atoms with Gasteiger partial charge in [0, 0.05) is 16.7 Å². The van der Waals surface area contributed by atoms with Crippen molar-refractivity contribution in [1.29, 1.82) is 0 Å². The molecule has 122 valence electrons. The van der Waals surface area contributed by atoms with E-state index in [0.29, 0.717) is 5.56 Å². The predicted octanol–water partition coefficient (Wildman–Crippen LogP) is 1.67. The van der Waals surface area contributed by atoms with Crippen molar-refractivity contribution in [2.45, 2.75) is 6.92 Å². The van der Waals surface area contributed by atoms with Crippen molar-refractivity contribution in [3.63, 3.8) is 0 Å². The van der Waals surface area contributed by atoms with Crippen LogP contribution in [0, 0.1) is 5.92 Å². The minimum Gasteiger partial charge on any atom is -0.504 e. The van der Waals surface area contributed by atoms with Gasteiger partial charge in [0.25, 0.3) is 0 Å². The quantitative estimate of drug-likeness (QED) is 0.759. The van der Waals surface area contributed by atoms with E-state index >= 15 is 0 Å². The maximum atomic E-state index is 12.6. The lowest BCUT2D eigenvalue weighted by Crippen LogP contribution is -2.26. The number of amides is 1. The number of carbonyl (C=O) groups excluding carboxylic acids is 3. The van der Waals surface area contributed by atoms with E-state index in [9.17, 15) is 19.5 Å². The number of rotatable bonds is 4. The molecule has 3 rings (SSSR count). The summed E-state index contributed by atoms with van der Waals surface area (Å²) in [5.41, 5.74) is 5.77. The average Bonchev–Trinajstić information content (AvgIpc) is 2.58. The summed E-state index contributed by atoms with van der Waals surface area (Å²) >= 11 is 0. The Bertz CT molecular complexity index is 872. The Morgan fingerprint density at radius 2 is 1.71 bits per heavy atom. The van der Waals surface area contributed by atoms with E-state index in [2.05, 4.69) is 0 Å². The fourth-order valence-electron chi connectivity index (χ4n) is 2.56. The van der Waals surface area contributed by atoms with Crippen LogP contribution in [0.2, 0.25) is 0 Å². The smallest absolute Gasteiger partial charge is 0.223 e. The van der Waals surface area contributed by atoms with Crippen LogP contribution in [-0.2, 0) is 4.79 Å². The van der Waals surface area contributed by atoms with Crippen LogP contribution in [0.25, 0.3) is 0 Å². The zero-order chi connectivity index (χ0) is 17.4. The second kappa shape index (κ2) is 5.81. The summed E-state index contributed by atoms with van der Waals surface area (Å²) in [7, 11) is 0. The lowest BCUT2D eigenvalue weighted by Gasteiger charge is -2.20. The fraction of sp³-hybridized carbons (Fsp3) is 0.167.